The van der Waals surface area contributed by atoms with Crippen LogP contribution in [-0.2, 0) is 12.8 Å². The van der Waals surface area contributed by atoms with Gasteiger partial charge in [0.05, 0.1) is 22.4 Å². The van der Waals surface area contributed by atoms with E-state index in [0.717, 1.165) is 23.6 Å². The van der Waals surface area contributed by atoms with Gasteiger partial charge in [0, 0.05) is 6.07 Å². The molecule has 0 saturated heterocycles. The highest BCUT2D eigenvalue weighted by Crippen LogP contribution is 2.37. The minimum atomic E-state index is -0.795. The summed E-state index contributed by atoms with van der Waals surface area (Å²) in [6.45, 7) is 0. The molecule has 0 fully saturated rings. The third-order valence-corrected chi connectivity index (χ3v) is 4.39. The number of benzene rings is 3. The zero-order valence-electron chi connectivity index (χ0n) is 15.0. The number of nitro groups is 1. The van der Waals surface area contributed by atoms with Gasteiger partial charge in [-0.2, -0.15) is 0 Å². The number of urea groups is 1. The second-order valence-electron chi connectivity index (χ2n) is 6.22. The summed E-state index contributed by atoms with van der Waals surface area (Å²) >= 11 is 0. The van der Waals surface area contributed by atoms with Gasteiger partial charge in [0.2, 0.25) is 0 Å². The molecular formula is C21H19N3O4. The van der Waals surface area contributed by atoms with Gasteiger partial charge >= 0.3 is 6.03 Å². The Balaban J connectivity index is 1.97. The maximum Gasteiger partial charge on any atom is 0.324 e. The Labute approximate surface area is 161 Å². The molecule has 142 valence electrons. The smallest absolute Gasteiger partial charge is 0.324 e. The minimum absolute atomic E-state index is 0.0882. The number of non-ortho nitro benzene ring substituents is 1. The van der Waals surface area contributed by atoms with Gasteiger partial charge in [0.15, 0.2) is 0 Å². The van der Waals surface area contributed by atoms with Crippen LogP contribution in [0.4, 0.5) is 21.9 Å². The molecule has 0 heterocycles. The lowest BCUT2D eigenvalue weighted by Gasteiger charge is -2.24. The first-order valence-corrected chi connectivity index (χ1v) is 8.66. The number of aromatic hydroxyl groups is 1. The van der Waals surface area contributed by atoms with Crippen LogP contribution in [-0.4, -0.2) is 16.1 Å². The fourth-order valence-corrected chi connectivity index (χ4v) is 3.05. The lowest BCUT2D eigenvalue weighted by atomic mass is 10.0. The van der Waals surface area contributed by atoms with Crippen LogP contribution in [0.25, 0.3) is 0 Å². The van der Waals surface area contributed by atoms with E-state index in [-0.39, 0.29) is 11.4 Å². The van der Waals surface area contributed by atoms with Crippen LogP contribution in [0.15, 0.2) is 72.8 Å². The largest absolute Gasteiger partial charge is 0.505 e. The summed E-state index contributed by atoms with van der Waals surface area (Å²) in [5.41, 5.74) is 7.94. The number of carbonyl (C=O) groups excluding carboxylic acids is 1. The van der Waals surface area contributed by atoms with E-state index in [1.807, 2.05) is 42.5 Å². The fourth-order valence-electron chi connectivity index (χ4n) is 3.05. The van der Waals surface area contributed by atoms with Gasteiger partial charge in [-0.15, -0.1) is 0 Å². The van der Waals surface area contributed by atoms with E-state index in [4.69, 9.17) is 5.73 Å². The van der Waals surface area contributed by atoms with Crippen molar-refractivity contribution in [1.82, 2.24) is 0 Å². The van der Waals surface area contributed by atoms with Crippen LogP contribution in [0.1, 0.15) is 11.1 Å². The molecule has 2 amide bonds. The summed E-state index contributed by atoms with van der Waals surface area (Å²) in [6.07, 6.45) is 1.41. The highest BCUT2D eigenvalue weighted by Gasteiger charge is 2.22. The molecule has 3 N–H and O–H groups in total. The van der Waals surface area contributed by atoms with Crippen molar-refractivity contribution >= 4 is 23.1 Å². The standard InChI is InChI=1S/C21H19N3O4/c22-21(26)23(19-13-12-17(24(27)28)14-20(19)25)18-9-5-4-8-16(18)11-10-15-6-2-1-3-7-15/h1-9,12-14,25H,10-11H2,(H2,22,26). The number of phenolic OH excluding ortho intramolecular Hbond substituents is 1. The average molecular weight is 377 g/mol. The van der Waals surface area contributed by atoms with Crippen LogP contribution in [0.2, 0.25) is 0 Å². The number of para-hydroxylation sites is 1. The van der Waals surface area contributed by atoms with E-state index in [2.05, 4.69) is 0 Å². The molecule has 28 heavy (non-hydrogen) atoms. The second-order valence-corrected chi connectivity index (χ2v) is 6.22. The van der Waals surface area contributed by atoms with Crippen molar-refractivity contribution in [3.8, 4) is 5.75 Å². The molecule has 0 radical (unpaired) electrons. The van der Waals surface area contributed by atoms with E-state index in [1.54, 1.807) is 12.1 Å². The van der Waals surface area contributed by atoms with Crippen molar-refractivity contribution in [3.05, 3.63) is 94.0 Å². The quantitative estimate of drug-likeness (QED) is 0.493. The molecule has 0 aliphatic rings. The molecular weight excluding hydrogens is 358 g/mol. The molecule has 0 atom stereocenters. The van der Waals surface area contributed by atoms with Gasteiger partial charge in [-0.3, -0.25) is 15.0 Å². The molecule has 7 heteroatoms. The second kappa shape index (κ2) is 8.22. The topological polar surface area (TPSA) is 110 Å². The number of primary amides is 1. The Morgan fingerprint density at radius 3 is 2.29 bits per heavy atom. The molecule has 3 rings (SSSR count). The Morgan fingerprint density at radius 2 is 1.64 bits per heavy atom. The number of nitrogens with zero attached hydrogens (tertiary/aromatic N) is 2. The van der Waals surface area contributed by atoms with Crippen LogP contribution < -0.4 is 10.6 Å². The molecule has 0 aliphatic heterocycles. The summed E-state index contributed by atoms with van der Waals surface area (Å²) in [5.74, 6) is -0.397. The maximum atomic E-state index is 12.2. The van der Waals surface area contributed by atoms with Crippen molar-refractivity contribution in [3.63, 3.8) is 0 Å². The van der Waals surface area contributed by atoms with Crippen molar-refractivity contribution < 1.29 is 14.8 Å². The summed E-state index contributed by atoms with van der Waals surface area (Å²) in [5, 5.41) is 21.2. The highest BCUT2D eigenvalue weighted by atomic mass is 16.6. The zero-order valence-corrected chi connectivity index (χ0v) is 15.0. The number of nitrogens with two attached hydrogens (primary N) is 1. The summed E-state index contributed by atoms with van der Waals surface area (Å²) in [6, 6.07) is 19.9. The van der Waals surface area contributed by atoms with Crippen LogP contribution in [0, 0.1) is 10.1 Å². The fraction of sp³-hybridized carbons (Fsp3) is 0.0952. The predicted molar refractivity (Wildman–Crippen MR) is 107 cm³/mol. The molecule has 0 spiro atoms. The number of hydrogen-bond donors (Lipinski definition) is 2. The number of carbonyl (C=O) groups is 1. The summed E-state index contributed by atoms with van der Waals surface area (Å²) in [7, 11) is 0. The number of nitro benzene ring substituents is 1. The van der Waals surface area contributed by atoms with Gasteiger partial charge in [0.1, 0.15) is 5.75 Å². The van der Waals surface area contributed by atoms with Crippen LogP contribution in [0.3, 0.4) is 0 Å². The molecule has 3 aromatic rings. The third kappa shape index (κ3) is 4.09. The van der Waals surface area contributed by atoms with Crippen molar-refractivity contribution in [2.24, 2.45) is 5.73 Å². The number of amides is 2. The Bertz CT molecular complexity index is 1010. The predicted octanol–water partition coefficient (Wildman–Crippen LogP) is 4.30. The van der Waals surface area contributed by atoms with E-state index in [9.17, 15) is 20.0 Å². The Morgan fingerprint density at radius 1 is 0.964 bits per heavy atom. The van der Waals surface area contributed by atoms with E-state index in [0.29, 0.717) is 12.1 Å². The first-order valence-electron chi connectivity index (χ1n) is 8.66. The number of aryl methyl sites for hydroxylation is 2. The number of hydrogen-bond acceptors (Lipinski definition) is 4. The molecule has 0 saturated carbocycles. The first-order chi connectivity index (χ1) is 13.5. The molecule has 7 nitrogen and oxygen atoms in total. The lowest BCUT2D eigenvalue weighted by molar-refractivity contribution is -0.384. The number of anilines is 2. The van der Waals surface area contributed by atoms with E-state index >= 15 is 0 Å². The van der Waals surface area contributed by atoms with Crippen molar-refractivity contribution in [2.75, 3.05) is 4.90 Å². The van der Waals surface area contributed by atoms with E-state index in [1.165, 1.54) is 17.0 Å². The number of rotatable bonds is 6. The molecule has 0 aromatic heterocycles. The summed E-state index contributed by atoms with van der Waals surface area (Å²) in [4.78, 5) is 23.6. The van der Waals surface area contributed by atoms with Gasteiger partial charge in [0.25, 0.3) is 5.69 Å². The van der Waals surface area contributed by atoms with Crippen LogP contribution >= 0.6 is 0 Å². The zero-order chi connectivity index (χ0) is 20.1. The van der Waals surface area contributed by atoms with Gasteiger partial charge in [-0.25, -0.2) is 4.79 Å². The number of phenols is 1. The normalized spacial score (nSPS) is 10.4. The first kappa shape index (κ1) is 18.9. The van der Waals surface area contributed by atoms with Crippen molar-refractivity contribution in [1.29, 1.82) is 0 Å². The van der Waals surface area contributed by atoms with Gasteiger partial charge < -0.3 is 10.8 Å². The molecule has 0 aliphatic carbocycles. The van der Waals surface area contributed by atoms with E-state index < -0.39 is 16.7 Å². The SMILES string of the molecule is NC(=O)N(c1ccc([N+](=O)[O-])cc1O)c1ccccc1CCc1ccccc1. The Hall–Kier alpha value is -3.87. The third-order valence-electron chi connectivity index (χ3n) is 4.39. The average Bonchev–Trinajstić information content (AvgIpc) is 2.69. The monoisotopic (exact) mass is 377 g/mol. The van der Waals surface area contributed by atoms with Crippen molar-refractivity contribution in [2.45, 2.75) is 12.8 Å². The highest BCUT2D eigenvalue weighted by molar-refractivity contribution is 6.00. The van der Waals surface area contributed by atoms with Gasteiger partial charge in [-0.1, -0.05) is 48.5 Å². The minimum Gasteiger partial charge on any atom is -0.505 e. The van der Waals surface area contributed by atoms with Crippen LogP contribution in [0.5, 0.6) is 5.75 Å². The Kier molecular flexibility index (Phi) is 5.55. The maximum absolute atomic E-state index is 12.2. The molecule has 0 unspecified atom stereocenters. The lowest BCUT2D eigenvalue weighted by Crippen LogP contribution is -2.32. The molecule has 0 bridgehead atoms. The van der Waals surface area contributed by atoms with Gasteiger partial charge in [-0.05, 0) is 36.1 Å². The molecule has 3 aromatic carbocycles. The summed E-state index contributed by atoms with van der Waals surface area (Å²) < 4.78 is 0.